The highest BCUT2D eigenvalue weighted by atomic mass is 35.5. The minimum absolute atomic E-state index is 0.154. The van der Waals surface area contributed by atoms with Crippen LogP contribution in [0.3, 0.4) is 0 Å². The van der Waals surface area contributed by atoms with Crippen molar-refractivity contribution in [2.75, 3.05) is 0 Å². The van der Waals surface area contributed by atoms with Gasteiger partial charge in [0.1, 0.15) is 0 Å². The van der Waals surface area contributed by atoms with E-state index < -0.39 is 0 Å². The summed E-state index contributed by atoms with van der Waals surface area (Å²) in [6.07, 6.45) is 11.6. The van der Waals surface area contributed by atoms with Crippen LogP contribution in [0.25, 0.3) is 27.6 Å². The molecule has 1 aliphatic rings. The molecule has 0 unspecified atom stereocenters. The van der Waals surface area contributed by atoms with E-state index in [1.54, 1.807) is 17.1 Å². The molecule has 1 aromatic carbocycles. The number of allylic oxidation sites excluding steroid dienone is 3. The predicted molar refractivity (Wildman–Crippen MR) is 108 cm³/mol. The summed E-state index contributed by atoms with van der Waals surface area (Å²) in [4.78, 5) is 21.6. The summed E-state index contributed by atoms with van der Waals surface area (Å²) in [7, 11) is 1.89. The summed E-state index contributed by atoms with van der Waals surface area (Å²) in [5, 5.41) is 1.53. The fourth-order valence-corrected chi connectivity index (χ4v) is 3.25. The minimum atomic E-state index is -0.154. The van der Waals surface area contributed by atoms with Crippen LogP contribution in [0.2, 0.25) is 5.02 Å². The summed E-state index contributed by atoms with van der Waals surface area (Å²) in [6.45, 7) is 1.89. The van der Waals surface area contributed by atoms with Gasteiger partial charge in [-0.3, -0.25) is 14.4 Å². The van der Waals surface area contributed by atoms with Gasteiger partial charge in [0, 0.05) is 35.6 Å². The van der Waals surface area contributed by atoms with Crippen molar-refractivity contribution in [3.63, 3.8) is 0 Å². The lowest BCUT2D eigenvalue weighted by Gasteiger charge is -2.12. The van der Waals surface area contributed by atoms with Gasteiger partial charge in [-0.25, -0.2) is 4.98 Å². The molecule has 1 saturated carbocycles. The van der Waals surface area contributed by atoms with Gasteiger partial charge >= 0.3 is 0 Å². The topological polar surface area (TPSA) is 52.2 Å². The Hall–Kier alpha value is -2.66. The second kappa shape index (κ2) is 6.57. The molecular formula is C20H19ClN4O. The van der Waals surface area contributed by atoms with Crippen molar-refractivity contribution < 1.29 is 0 Å². The van der Waals surface area contributed by atoms with Crippen molar-refractivity contribution in [1.82, 2.24) is 14.1 Å². The summed E-state index contributed by atoms with van der Waals surface area (Å²) in [5.74, 6) is 0.644. The minimum Gasteiger partial charge on any atom is -0.333 e. The molecule has 26 heavy (non-hydrogen) atoms. The van der Waals surface area contributed by atoms with E-state index in [1.165, 1.54) is 12.8 Å². The van der Waals surface area contributed by atoms with E-state index in [9.17, 15) is 4.79 Å². The third kappa shape index (κ3) is 2.99. The van der Waals surface area contributed by atoms with Crippen LogP contribution in [0.1, 0.15) is 19.8 Å². The first-order chi connectivity index (χ1) is 12.6. The van der Waals surface area contributed by atoms with Crippen molar-refractivity contribution in [3.8, 4) is 0 Å². The maximum atomic E-state index is 13.0. The SMILES string of the molecule is C/C(=C\C=C/N=CC1CC1)n1c(=O)c2ncn(C)c2c2ccc(Cl)cc21. The Kier molecular flexibility index (Phi) is 4.24. The highest BCUT2D eigenvalue weighted by Gasteiger charge is 2.18. The molecule has 0 spiro atoms. The highest BCUT2D eigenvalue weighted by molar-refractivity contribution is 6.31. The molecule has 0 radical (unpaired) electrons. The fourth-order valence-electron chi connectivity index (χ4n) is 3.08. The average Bonchev–Trinajstić information content (AvgIpc) is 3.35. The van der Waals surface area contributed by atoms with Crippen LogP contribution in [0.4, 0.5) is 0 Å². The Morgan fingerprint density at radius 3 is 2.96 bits per heavy atom. The number of pyridine rings is 1. The van der Waals surface area contributed by atoms with Crippen molar-refractivity contribution in [1.29, 1.82) is 0 Å². The second-order valence-electron chi connectivity index (χ2n) is 6.64. The molecule has 0 bridgehead atoms. The number of fused-ring (bicyclic) bond motifs is 3. The number of nitrogens with zero attached hydrogens (tertiary/aromatic N) is 4. The third-order valence-corrected chi connectivity index (χ3v) is 4.81. The van der Waals surface area contributed by atoms with Crippen molar-refractivity contribution in [3.05, 3.63) is 58.3 Å². The first-order valence-corrected chi connectivity index (χ1v) is 8.96. The van der Waals surface area contributed by atoms with Crippen molar-refractivity contribution >= 4 is 45.4 Å². The highest BCUT2D eigenvalue weighted by Crippen LogP contribution is 2.27. The molecule has 0 amide bonds. The standard InChI is InChI=1S/C20H19ClN4O/c1-13(4-3-9-22-11-14-5-6-14)25-17-10-15(21)7-8-16(17)19-18(20(25)26)23-12-24(19)2/h3-4,7-12,14H,5-6H2,1-2H3/b9-3-,13-4+,22-11?. The predicted octanol–water partition coefficient (Wildman–Crippen LogP) is 4.40. The molecule has 0 atom stereocenters. The molecule has 2 aromatic heterocycles. The molecule has 1 fully saturated rings. The summed E-state index contributed by atoms with van der Waals surface area (Å²) in [6, 6.07) is 5.58. The molecule has 132 valence electrons. The normalized spacial score (nSPS) is 15.9. The largest absolute Gasteiger partial charge is 0.333 e. The molecule has 6 heteroatoms. The molecule has 1 aliphatic carbocycles. The Morgan fingerprint density at radius 1 is 1.38 bits per heavy atom. The summed E-state index contributed by atoms with van der Waals surface area (Å²) in [5.41, 5.74) is 2.66. The monoisotopic (exact) mass is 366 g/mol. The third-order valence-electron chi connectivity index (χ3n) is 4.58. The zero-order valence-electron chi connectivity index (χ0n) is 14.7. The molecule has 0 aliphatic heterocycles. The number of hydrogen-bond acceptors (Lipinski definition) is 3. The number of aliphatic imine (C=N–C) groups is 1. The molecule has 4 rings (SSSR count). The van der Waals surface area contributed by atoms with Gasteiger partial charge in [-0.2, -0.15) is 0 Å². The Bertz CT molecular complexity index is 1150. The lowest BCUT2D eigenvalue weighted by molar-refractivity contribution is 0.950. The number of benzene rings is 1. The van der Waals surface area contributed by atoms with Crippen LogP contribution in [-0.4, -0.2) is 20.3 Å². The number of rotatable bonds is 4. The van der Waals surface area contributed by atoms with Gasteiger partial charge < -0.3 is 4.57 Å². The Balaban J connectivity index is 1.88. The molecule has 0 saturated heterocycles. The molecule has 0 N–H and O–H groups in total. The van der Waals surface area contributed by atoms with E-state index in [0.29, 0.717) is 16.5 Å². The first-order valence-electron chi connectivity index (χ1n) is 8.58. The number of aromatic nitrogens is 3. The van der Waals surface area contributed by atoms with E-state index in [1.807, 2.05) is 55.1 Å². The number of aryl methyl sites for hydroxylation is 1. The molecular weight excluding hydrogens is 348 g/mol. The number of imidazole rings is 1. The Labute approximate surface area is 155 Å². The Morgan fingerprint density at radius 2 is 2.19 bits per heavy atom. The van der Waals surface area contributed by atoms with Crippen LogP contribution in [0.5, 0.6) is 0 Å². The molecule has 3 aromatic rings. The summed E-state index contributed by atoms with van der Waals surface area (Å²) < 4.78 is 3.52. The maximum absolute atomic E-state index is 13.0. The van der Waals surface area contributed by atoms with Crippen LogP contribution in [-0.2, 0) is 7.05 Å². The lowest BCUT2D eigenvalue weighted by Crippen LogP contribution is -2.19. The van der Waals surface area contributed by atoms with Gasteiger partial charge in [-0.15, -0.1) is 0 Å². The van der Waals surface area contributed by atoms with Gasteiger partial charge in [-0.1, -0.05) is 11.6 Å². The fraction of sp³-hybridized carbons (Fsp3) is 0.250. The zero-order valence-corrected chi connectivity index (χ0v) is 15.4. The van der Waals surface area contributed by atoms with Gasteiger partial charge in [0.25, 0.3) is 5.56 Å². The molecule has 2 heterocycles. The molecule has 5 nitrogen and oxygen atoms in total. The van der Waals surface area contributed by atoms with E-state index in [4.69, 9.17) is 11.6 Å². The quantitative estimate of drug-likeness (QED) is 0.507. The van der Waals surface area contributed by atoms with Crippen molar-refractivity contribution in [2.24, 2.45) is 18.0 Å². The average molecular weight is 367 g/mol. The lowest BCUT2D eigenvalue weighted by atomic mass is 10.1. The van der Waals surface area contributed by atoms with Crippen LogP contribution in [0.15, 0.2) is 52.7 Å². The number of hydrogen-bond donors (Lipinski definition) is 0. The van der Waals surface area contributed by atoms with Crippen LogP contribution in [0, 0.1) is 5.92 Å². The van der Waals surface area contributed by atoms with Gasteiger partial charge in [0.15, 0.2) is 5.52 Å². The second-order valence-corrected chi connectivity index (χ2v) is 7.08. The van der Waals surface area contributed by atoms with Gasteiger partial charge in [-0.05, 0) is 56.0 Å². The van der Waals surface area contributed by atoms with Crippen LogP contribution < -0.4 is 5.56 Å². The van der Waals surface area contributed by atoms with E-state index in [-0.39, 0.29) is 5.56 Å². The number of halogens is 1. The first kappa shape index (κ1) is 16.8. The maximum Gasteiger partial charge on any atom is 0.283 e. The zero-order chi connectivity index (χ0) is 18.3. The summed E-state index contributed by atoms with van der Waals surface area (Å²) >= 11 is 6.20. The van der Waals surface area contributed by atoms with Crippen molar-refractivity contribution in [2.45, 2.75) is 19.8 Å². The smallest absolute Gasteiger partial charge is 0.283 e. The van der Waals surface area contributed by atoms with Crippen LogP contribution >= 0.6 is 11.6 Å². The van der Waals surface area contributed by atoms with E-state index in [0.717, 1.165) is 22.1 Å². The van der Waals surface area contributed by atoms with Gasteiger partial charge in [0.05, 0.1) is 17.4 Å². The van der Waals surface area contributed by atoms with E-state index in [2.05, 4.69) is 9.98 Å². The van der Waals surface area contributed by atoms with E-state index >= 15 is 0 Å². The van der Waals surface area contributed by atoms with Gasteiger partial charge in [0.2, 0.25) is 0 Å².